The maximum absolute atomic E-state index is 12.1. The van der Waals surface area contributed by atoms with Crippen LogP contribution in [0.25, 0.3) is 0 Å². The Morgan fingerprint density at radius 1 is 1.45 bits per heavy atom. The van der Waals surface area contributed by atoms with Gasteiger partial charge in [0, 0.05) is 3.57 Å². The van der Waals surface area contributed by atoms with E-state index in [0.717, 1.165) is 0 Å². The number of methoxy groups -OCH3 is 1. The molecule has 1 aromatic rings. The molecule has 0 saturated heterocycles. The number of carbonyl (C=O) groups is 2. The Labute approximate surface area is 134 Å². The number of rotatable bonds is 5. The first-order chi connectivity index (χ1) is 9.27. The Hall–Kier alpha value is -1.06. The van der Waals surface area contributed by atoms with Crippen molar-refractivity contribution in [3.05, 3.63) is 26.3 Å². The summed E-state index contributed by atoms with van der Waals surface area (Å²) in [5.41, 5.74) is 0.102. The first kappa shape index (κ1) is 17.0. The van der Waals surface area contributed by atoms with Crippen LogP contribution >= 0.6 is 34.2 Å². The molecule has 1 rings (SSSR count). The number of hydrogen-bond donors (Lipinski definition) is 3. The molecule has 0 aliphatic heterocycles. The Bertz CT molecular complexity index is 535. The van der Waals surface area contributed by atoms with Gasteiger partial charge < -0.3 is 20.3 Å². The Balaban J connectivity index is 3.08. The third kappa shape index (κ3) is 3.97. The number of carboxylic acids is 1. The highest BCUT2D eigenvalue weighted by atomic mass is 127. The van der Waals surface area contributed by atoms with E-state index in [-0.39, 0.29) is 11.3 Å². The van der Waals surface area contributed by atoms with Crippen molar-refractivity contribution in [1.82, 2.24) is 5.32 Å². The first-order valence-corrected chi connectivity index (χ1v) is 6.98. The molecule has 8 heteroatoms. The summed E-state index contributed by atoms with van der Waals surface area (Å²) >= 11 is 7.92. The molecule has 0 spiro atoms. The molecule has 0 radical (unpaired) electrons. The van der Waals surface area contributed by atoms with Crippen molar-refractivity contribution in [1.29, 1.82) is 0 Å². The fourth-order valence-electron chi connectivity index (χ4n) is 1.48. The largest absolute Gasteiger partial charge is 0.496 e. The summed E-state index contributed by atoms with van der Waals surface area (Å²) in [5, 5.41) is 20.9. The molecule has 0 aromatic heterocycles. The van der Waals surface area contributed by atoms with E-state index in [1.54, 1.807) is 6.07 Å². The molecule has 2 atom stereocenters. The van der Waals surface area contributed by atoms with Crippen LogP contribution in [0, 0.1) is 3.57 Å². The van der Waals surface area contributed by atoms with Gasteiger partial charge in [0.05, 0.1) is 23.8 Å². The average Bonchev–Trinajstić information content (AvgIpc) is 2.37. The van der Waals surface area contributed by atoms with Crippen LogP contribution in [-0.2, 0) is 4.79 Å². The zero-order valence-corrected chi connectivity index (χ0v) is 13.6. The van der Waals surface area contributed by atoms with E-state index in [1.165, 1.54) is 20.1 Å². The summed E-state index contributed by atoms with van der Waals surface area (Å²) in [4.78, 5) is 23.0. The molecule has 0 unspecified atom stereocenters. The van der Waals surface area contributed by atoms with Crippen molar-refractivity contribution >= 4 is 46.1 Å². The summed E-state index contributed by atoms with van der Waals surface area (Å²) in [6.45, 7) is 1.28. The molecule has 6 nitrogen and oxygen atoms in total. The van der Waals surface area contributed by atoms with Gasteiger partial charge in [0.25, 0.3) is 5.91 Å². The number of nitrogens with one attached hydrogen (secondary N) is 1. The second kappa shape index (κ2) is 7.09. The maximum atomic E-state index is 12.1. The van der Waals surface area contributed by atoms with Crippen LogP contribution in [0.3, 0.4) is 0 Å². The Kier molecular flexibility index (Phi) is 6.03. The summed E-state index contributed by atoms with van der Waals surface area (Å²) in [6, 6.07) is 1.54. The van der Waals surface area contributed by atoms with E-state index >= 15 is 0 Å². The van der Waals surface area contributed by atoms with Crippen LogP contribution in [-0.4, -0.2) is 41.3 Å². The zero-order chi connectivity index (χ0) is 15.4. The van der Waals surface area contributed by atoms with Gasteiger partial charge in [-0.3, -0.25) is 4.79 Å². The van der Waals surface area contributed by atoms with Crippen molar-refractivity contribution < 1.29 is 24.5 Å². The molecule has 1 aromatic carbocycles. The van der Waals surface area contributed by atoms with Crippen molar-refractivity contribution in [2.75, 3.05) is 7.11 Å². The normalized spacial score (nSPS) is 13.4. The fraction of sp³-hybridized carbons (Fsp3) is 0.333. The lowest BCUT2D eigenvalue weighted by atomic mass is 10.1. The molecule has 0 saturated carbocycles. The standard InChI is InChI=1S/C12H13ClINO5/c1-5(16)10(12(18)19)15-11(17)6-3-7(13)8(14)4-9(6)20-2/h3-5,10,16H,1-2H3,(H,15,17)(H,18,19)/t5-,10+/m1/s1. The minimum Gasteiger partial charge on any atom is -0.496 e. The molecule has 0 heterocycles. The number of amides is 1. The van der Waals surface area contributed by atoms with Crippen molar-refractivity contribution in [3.63, 3.8) is 0 Å². The molecule has 20 heavy (non-hydrogen) atoms. The smallest absolute Gasteiger partial charge is 0.328 e. The van der Waals surface area contributed by atoms with Crippen LogP contribution in [0.1, 0.15) is 17.3 Å². The number of aliphatic hydroxyl groups is 1. The van der Waals surface area contributed by atoms with Crippen LogP contribution < -0.4 is 10.1 Å². The second-order valence-corrected chi connectivity index (χ2v) is 5.57. The maximum Gasteiger partial charge on any atom is 0.328 e. The predicted molar refractivity (Wildman–Crippen MR) is 81.3 cm³/mol. The molecular formula is C12H13ClINO5. The van der Waals surface area contributed by atoms with Crippen LogP contribution in [0.2, 0.25) is 5.02 Å². The molecule has 0 fully saturated rings. The molecule has 0 aliphatic carbocycles. The van der Waals surface area contributed by atoms with Crippen molar-refractivity contribution in [2.45, 2.75) is 19.1 Å². The minimum atomic E-state index is -1.41. The number of carboxylic acid groups (broad SMARTS) is 1. The van der Waals surface area contributed by atoms with Gasteiger partial charge in [-0.25, -0.2) is 4.79 Å². The first-order valence-electron chi connectivity index (χ1n) is 5.52. The van der Waals surface area contributed by atoms with E-state index in [9.17, 15) is 14.7 Å². The molecule has 0 bridgehead atoms. The van der Waals surface area contributed by atoms with Crippen molar-refractivity contribution in [2.24, 2.45) is 0 Å². The Morgan fingerprint density at radius 2 is 2.05 bits per heavy atom. The van der Waals surface area contributed by atoms with Crippen molar-refractivity contribution in [3.8, 4) is 5.75 Å². The van der Waals surface area contributed by atoms with Gasteiger partial charge in [0.15, 0.2) is 6.04 Å². The van der Waals surface area contributed by atoms with Gasteiger partial charge >= 0.3 is 5.97 Å². The number of halogens is 2. The summed E-state index contributed by atoms with van der Waals surface area (Å²) in [5.74, 6) is -1.75. The van der Waals surface area contributed by atoms with E-state index in [1.807, 2.05) is 22.6 Å². The SMILES string of the molecule is COc1cc(I)c(Cl)cc1C(=O)N[C@H](C(=O)O)[C@@H](C)O. The van der Waals surface area contributed by atoms with E-state index in [4.69, 9.17) is 21.4 Å². The van der Waals surface area contributed by atoms with Gasteiger partial charge in [-0.2, -0.15) is 0 Å². The summed E-state index contributed by atoms with van der Waals surface area (Å²) < 4.78 is 5.77. The number of aliphatic hydroxyl groups excluding tert-OH is 1. The van der Waals surface area contributed by atoms with Gasteiger partial charge in [-0.05, 0) is 41.6 Å². The third-order valence-electron chi connectivity index (χ3n) is 2.52. The number of hydrogen-bond acceptors (Lipinski definition) is 4. The monoisotopic (exact) mass is 413 g/mol. The number of benzene rings is 1. The van der Waals surface area contributed by atoms with Gasteiger partial charge in [0.2, 0.25) is 0 Å². The van der Waals surface area contributed by atoms with Gasteiger partial charge in [-0.15, -0.1) is 0 Å². The van der Waals surface area contributed by atoms with E-state index in [2.05, 4.69) is 5.32 Å². The highest BCUT2D eigenvalue weighted by molar-refractivity contribution is 14.1. The summed E-state index contributed by atoms with van der Waals surface area (Å²) in [6.07, 6.45) is -1.23. The predicted octanol–water partition coefficient (Wildman–Crippen LogP) is 1.52. The van der Waals surface area contributed by atoms with Crippen LogP contribution in [0.5, 0.6) is 5.75 Å². The lowest BCUT2D eigenvalue weighted by Gasteiger charge is -2.18. The second-order valence-electron chi connectivity index (χ2n) is 4.00. The number of carbonyl (C=O) groups excluding carboxylic acids is 1. The molecular weight excluding hydrogens is 400 g/mol. The van der Waals surface area contributed by atoms with Crippen LogP contribution in [0.15, 0.2) is 12.1 Å². The Morgan fingerprint density at radius 3 is 2.50 bits per heavy atom. The zero-order valence-electron chi connectivity index (χ0n) is 10.7. The lowest BCUT2D eigenvalue weighted by Crippen LogP contribution is -2.47. The lowest BCUT2D eigenvalue weighted by molar-refractivity contribution is -0.141. The highest BCUT2D eigenvalue weighted by Gasteiger charge is 2.27. The minimum absolute atomic E-state index is 0.102. The summed E-state index contributed by atoms with van der Waals surface area (Å²) in [7, 11) is 1.39. The third-order valence-corrected chi connectivity index (χ3v) is 4.05. The highest BCUT2D eigenvalue weighted by Crippen LogP contribution is 2.28. The van der Waals surface area contributed by atoms with E-state index in [0.29, 0.717) is 8.59 Å². The molecule has 3 N–H and O–H groups in total. The number of ether oxygens (including phenoxy) is 1. The number of aliphatic carboxylic acids is 1. The fourth-order valence-corrected chi connectivity index (χ4v) is 2.08. The van der Waals surface area contributed by atoms with Crippen LogP contribution in [0.4, 0.5) is 0 Å². The van der Waals surface area contributed by atoms with Gasteiger partial charge in [0.1, 0.15) is 5.75 Å². The quantitative estimate of drug-likeness (QED) is 0.636. The molecule has 1 amide bonds. The molecule has 110 valence electrons. The van der Waals surface area contributed by atoms with Gasteiger partial charge in [-0.1, -0.05) is 11.6 Å². The molecule has 0 aliphatic rings. The topological polar surface area (TPSA) is 95.9 Å². The average molecular weight is 414 g/mol. The van der Waals surface area contributed by atoms with E-state index < -0.39 is 24.0 Å².